The fourth-order valence-electron chi connectivity index (χ4n) is 0.737. The van der Waals surface area contributed by atoms with E-state index in [9.17, 15) is 4.79 Å². The van der Waals surface area contributed by atoms with E-state index in [0.29, 0.717) is 0 Å². The fraction of sp³-hybridized carbons (Fsp3) is 0.875. The van der Waals surface area contributed by atoms with Crippen LogP contribution in [0, 0.1) is 5.92 Å². The van der Waals surface area contributed by atoms with Gasteiger partial charge in [-0.1, -0.05) is 13.8 Å². The lowest BCUT2D eigenvalue weighted by atomic mass is 10.1. The molecule has 4 heteroatoms. The zero-order valence-electron chi connectivity index (χ0n) is 7.87. The lowest BCUT2D eigenvalue weighted by molar-refractivity contribution is -0.123. The second-order valence-electron chi connectivity index (χ2n) is 3.33. The van der Waals surface area contributed by atoms with Gasteiger partial charge in [0.05, 0.1) is 18.7 Å². The van der Waals surface area contributed by atoms with Crippen LogP contribution in [0.5, 0.6) is 0 Å². The molecule has 0 aromatic rings. The van der Waals surface area contributed by atoms with Crippen molar-refractivity contribution in [2.45, 2.75) is 32.9 Å². The van der Waals surface area contributed by atoms with Crippen LogP contribution in [0.3, 0.4) is 0 Å². The summed E-state index contributed by atoms with van der Waals surface area (Å²) in [6.07, 6.45) is 0. The molecular formula is C8H18N2O2. The van der Waals surface area contributed by atoms with Crippen molar-refractivity contribution in [3.05, 3.63) is 0 Å². The van der Waals surface area contributed by atoms with E-state index < -0.39 is 6.04 Å². The molecule has 0 rings (SSSR count). The predicted molar refractivity (Wildman–Crippen MR) is 47.5 cm³/mol. The molecule has 0 aliphatic heterocycles. The molecule has 4 N–H and O–H groups in total. The zero-order valence-corrected chi connectivity index (χ0v) is 7.87. The van der Waals surface area contributed by atoms with E-state index in [1.807, 2.05) is 13.8 Å². The average Bonchev–Trinajstić information content (AvgIpc) is 1.98. The number of hydrogen-bond donors (Lipinski definition) is 3. The second kappa shape index (κ2) is 5.11. The maximum absolute atomic E-state index is 11.1. The third-order valence-electron chi connectivity index (χ3n) is 1.74. The van der Waals surface area contributed by atoms with E-state index in [0.717, 1.165) is 0 Å². The molecule has 1 amide bonds. The summed E-state index contributed by atoms with van der Waals surface area (Å²) in [4.78, 5) is 11.1. The molecule has 0 aromatic heterocycles. The van der Waals surface area contributed by atoms with E-state index in [1.165, 1.54) is 0 Å². The Labute approximate surface area is 73.1 Å². The third-order valence-corrected chi connectivity index (χ3v) is 1.74. The molecule has 0 saturated carbocycles. The van der Waals surface area contributed by atoms with Crippen LogP contribution in [0.2, 0.25) is 0 Å². The number of carbonyl (C=O) groups excluding carboxylic acids is 1. The first-order valence-corrected chi connectivity index (χ1v) is 4.15. The maximum atomic E-state index is 11.1. The van der Waals surface area contributed by atoms with Gasteiger partial charge in [0.25, 0.3) is 0 Å². The maximum Gasteiger partial charge on any atom is 0.236 e. The lowest BCUT2D eigenvalue weighted by Gasteiger charge is -2.20. The molecule has 2 atom stereocenters. The highest BCUT2D eigenvalue weighted by atomic mass is 16.3. The number of amides is 1. The van der Waals surface area contributed by atoms with Gasteiger partial charge < -0.3 is 16.2 Å². The molecule has 0 radical (unpaired) electrons. The summed E-state index contributed by atoms with van der Waals surface area (Å²) < 4.78 is 0. The van der Waals surface area contributed by atoms with Gasteiger partial charge >= 0.3 is 0 Å². The van der Waals surface area contributed by atoms with E-state index in [4.69, 9.17) is 10.8 Å². The van der Waals surface area contributed by atoms with E-state index >= 15 is 0 Å². The smallest absolute Gasteiger partial charge is 0.236 e. The molecule has 0 heterocycles. The van der Waals surface area contributed by atoms with Crippen molar-refractivity contribution in [3.8, 4) is 0 Å². The normalized spacial score (nSPS) is 15.8. The Morgan fingerprint density at radius 1 is 1.50 bits per heavy atom. The summed E-state index contributed by atoms with van der Waals surface area (Å²) in [5.74, 6) is 0.000417. The first-order chi connectivity index (χ1) is 5.49. The van der Waals surface area contributed by atoms with Crippen LogP contribution in [-0.4, -0.2) is 29.7 Å². The van der Waals surface area contributed by atoms with Gasteiger partial charge in [-0.05, 0) is 12.8 Å². The topological polar surface area (TPSA) is 75.4 Å². The summed E-state index contributed by atoms with van der Waals surface area (Å²) in [5, 5.41) is 11.5. The number of aliphatic hydroxyl groups is 1. The van der Waals surface area contributed by atoms with E-state index in [2.05, 4.69) is 5.32 Å². The summed E-state index contributed by atoms with van der Waals surface area (Å²) in [7, 11) is 0. The molecule has 4 nitrogen and oxygen atoms in total. The van der Waals surface area contributed by atoms with Crippen molar-refractivity contribution in [2.24, 2.45) is 11.7 Å². The molecule has 0 fully saturated rings. The van der Waals surface area contributed by atoms with Crippen LogP contribution in [0.15, 0.2) is 0 Å². The van der Waals surface area contributed by atoms with Gasteiger partial charge in [-0.15, -0.1) is 0 Å². The average molecular weight is 174 g/mol. The Morgan fingerprint density at radius 2 is 2.00 bits per heavy atom. The Balaban J connectivity index is 3.94. The molecule has 0 aliphatic carbocycles. The summed E-state index contributed by atoms with van der Waals surface area (Å²) in [5.41, 5.74) is 5.35. The molecule has 2 unspecified atom stereocenters. The van der Waals surface area contributed by atoms with Crippen LogP contribution in [0.1, 0.15) is 20.8 Å². The van der Waals surface area contributed by atoms with Crippen LogP contribution in [-0.2, 0) is 4.79 Å². The molecule has 12 heavy (non-hydrogen) atoms. The van der Waals surface area contributed by atoms with Crippen molar-refractivity contribution in [1.29, 1.82) is 0 Å². The largest absolute Gasteiger partial charge is 0.394 e. The van der Waals surface area contributed by atoms with Crippen LogP contribution in [0.4, 0.5) is 0 Å². The molecule has 0 aliphatic rings. The molecular weight excluding hydrogens is 156 g/mol. The number of hydrogen-bond acceptors (Lipinski definition) is 3. The zero-order chi connectivity index (χ0) is 9.72. The van der Waals surface area contributed by atoms with Gasteiger partial charge in [-0.25, -0.2) is 0 Å². The minimum atomic E-state index is -0.516. The molecule has 0 saturated heterocycles. The number of carbonyl (C=O) groups is 1. The fourth-order valence-corrected chi connectivity index (χ4v) is 0.737. The third kappa shape index (κ3) is 3.69. The standard InChI is InChI=1S/C8H18N2O2/c1-5(2)7(4-11)10-8(12)6(3)9/h5-7,11H,4,9H2,1-3H3,(H,10,12). The Hall–Kier alpha value is -0.610. The first-order valence-electron chi connectivity index (χ1n) is 4.15. The minimum absolute atomic E-state index is 0.0455. The van der Waals surface area contributed by atoms with Crippen molar-refractivity contribution >= 4 is 5.91 Å². The van der Waals surface area contributed by atoms with Crippen molar-refractivity contribution in [2.75, 3.05) is 6.61 Å². The van der Waals surface area contributed by atoms with Gasteiger partial charge in [-0.2, -0.15) is 0 Å². The predicted octanol–water partition coefficient (Wildman–Crippen LogP) is -0.533. The van der Waals surface area contributed by atoms with Gasteiger partial charge in [0, 0.05) is 0 Å². The van der Waals surface area contributed by atoms with Gasteiger partial charge in [0.2, 0.25) is 5.91 Å². The lowest BCUT2D eigenvalue weighted by Crippen LogP contribution is -2.47. The van der Waals surface area contributed by atoms with Gasteiger partial charge in [-0.3, -0.25) is 4.79 Å². The molecule has 0 spiro atoms. The monoisotopic (exact) mass is 174 g/mol. The Morgan fingerprint density at radius 3 is 2.25 bits per heavy atom. The summed E-state index contributed by atoms with van der Waals surface area (Å²) in [6, 6.07) is -0.707. The highest BCUT2D eigenvalue weighted by Crippen LogP contribution is 2.00. The van der Waals surface area contributed by atoms with Gasteiger partial charge in [0.15, 0.2) is 0 Å². The SMILES string of the molecule is CC(N)C(=O)NC(CO)C(C)C. The van der Waals surface area contributed by atoms with Crippen LogP contribution >= 0.6 is 0 Å². The van der Waals surface area contributed by atoms with E-state index in [-0.39, 0.29) is 24.5 Å². The second-order valence-corrected chi connectivity index (χ2v) is 3.33. The highest BCUT2D eigenvalue weighted by molar-refractivity contribution is 5.81. The first kappa shape index (κ1) is 11.4. The Kier molecular flexibility index (Phi) is 4.85. The van der Waals surface area contributed by atoms with Crippen molar-refractivity contribution < 1.29 is 9.90 Å². The molecule has 0 bridgehead atoms. The van der Waals surface area contributed by atoms with Crippen LogP contribution < -0.4 is 11.1 Å². The highest BCUT2D eigenvalue weighted by Gasteiger charge is 2.16. The number of nitrogens with two attached hydrogens (primary N) is 1. The summed E-state index contributed by atoms with van der Waals surface area (Å²) in [6.45, 7) is 5.44. The summed E-state index contributed by atoms with van der Waals surface area (Å²) >= 11 is 0. The van der Waals surface area contributed by atoms with Crippen molar-refractivity contribution in [1.82, 2.24) is 5.32 Å². The molecule has 72 valence electrons. The van der Waals surface area contributed by atoms with Gasteiger partial charge in [0.1, 0.15) is 0 Å². The quantitative estimate of drug-likeness (QED) is 0.536. The Bertz CT molecular complexity index is 146. The number of rotatable bonds is 4. The van der Waals surface area contributed by atoms with E-state index in [1.54, 1.807) is 6.92 Å². The van der Waals surface area contributed by atoms with Crippen molar-refractivity contribution in [3.63, 3.8) is 0 Å². The number of nitrogens with one attached hydrogen (secondary N) is 1. The number of aliphatic hydroxyl groups excluding tert-OH is 1. The van der Waals surface area contributed by atoms with Crippen LogP contribution in [0.25, 0.3) is 0 Å². The molecule has 0 aromatic carbocycles. The minimum Gasteiger partial charge on any atom is -0.394 e.